The first-order valence-corrected chi connectivity index (χ1v) is 11.0. The van der Waals surface area contributed by atoms with Gasteiger partial charge in [-0.25, -0.2) is 4.79 Å². The van der Waals surface area contributed by atoms with Crippen LogP contribution in [0.3, 0.4) is 0 Å². The highest BCUT2D eigenvalue weighted by atomic mass is 16.5. The fourth-order valence-electron chi connectivity index (χ4n) is 3.65. The zero-order chi connectivity index (χ0) is 23.4. The molecular weight excluding hydrogens is 388 g/mol. The van der Waals surface area contributed by atoms with Crippen LogP contribution in [0.4, 0.5) is 0 Å². The lowest BCUT2D eigenvalue weighted by atomic mass is 9.79. The summed E-state index contributed by atoms with van der Waals surface area (Å²) in [5, 5.41) is 0. The molecule has 0 aliphatic heterocycles. The molecule has 4 nitrogen and oxygen atoms in total. The Morgan fingerprint density at radius 1 is 0.903 bits per heavy atom. The van der Waals surface area contributed by atoms with Crippen LogP contribution in [-0.4, -0.2) is 20.2 Å². The molecule has 2 aromatic rings. The molecule has 0 fully saturated rings. The summed E-state index contributed by atoms with van der Waals surface area (Å²) < 4.78 is 17.3. The molecule has 0 aliphatic rings. The summed E-state index contributed by atoms with van der Waals surface area (Å²) in [7, 11) is 3.30. The summed E-state index contributed by atoms with van der Waals surface area (Å²) in [5.74, 6) is 1.76. The van der Waals surface area contributed by atoms with E-state index in [1.54, 1.807) is 14.2 Å². The smallest absolute Gasteiger partial charge is 0.343 e. The third-order valence-electron chi connectivity index (χ3n) is 5.46. The van der Waals surface area contributed by atoms with Crippen molar-refractivity contribution < 1.29 is 19.0 Å². The van der Waals surface area contributed by atoms with Gasteiger partial charge in [0.05, 0.1) is 19.8 Å². The number of carbonyl (C=O) groups excluding carboxylic acids is 1. The van der Waals surface area contributed by atoms with Gasteiger partial charge >= 0.3 is 5.97 Å². The Morgan fingerprint density at radius 3 is 1.94 bits per heavy atom. The average Bonchev–Trinajstić information content (AvgIpc) is 2.70. The summed E-state index contributed by atoms with van der Waals surface area (Å²) >= 11 is 0. The molecule has 0 bridgehead atoms. The molecule has 0 amide bonds. The minimum absolute atomic E-state index is 0.233. The van der Waals surface area contributed by atoms with Crippen molar-refractivity contribution in [2.75, 3.05) is 14.2 Å². The van der Waals surface area contributed by atoms with Crippen molar-refractivity contribution in [2.45, 2.75) is 78.6 Å². The first-order valence-electron chi connectivity index (χ1n) is 11.0. The number of hydrogen-bond donors (Lipinski definition) is 0. The number of unbranched alkanes of at least 4 members (excludes halogenated alkanes) is 1. The minimum Gasteiger partial charge on any atom is -0.497 e. The number of rotatable bonds is 7. The van der Waals surface area contributed by atoms with E-state index in [1.165, 1.54) is 0 Å². The van der Waals surface area contributed by atoms with Crippen LogP contribution in [0.1, 0.15) is 88.4 Å². The maximum absolute atomic E-state index is 13.5. The molecule has 31 heavy (non-hydrogen) atoms. The highest BCUT2D eigenvalue weighted by Crippen LogP contribution is 2.43. The number of methoxy groups -OCH3 is 2. The van der Waals surface area contributed by atoms with Crippen molar-refractivity contribution in [1.82, 2.24) is 0 Å². The zero-order valence-electron chi connectivity index (χ0n) is 20.6. The maximum atomic E-state index is 13.5. The van der Waals surface area contributed by atoms with Gasteiger partial charge in [-0.1, -0.05) is 61.0 Å². The Bertz CT molecular complexity index is 879. The van der Waals surface area contributed by atoms with E-state index in [2.05, 4.69) is 48.5 Å². The largest absolute Gasteiger partial charge is 0.497 e. The first kappa shape index (κ1) is 24.8. The molecule has 2 rings (SSSR count). The summed E-state index contributed by atoms with van der Waals surface area (Å²) in [6.07, 6.45) is 2.78. The van der Waals surface area contributed by atoms with Crippen molar-refractivity contribution in [1.29, 1.82) is 0 Å². The molecular formula is C27H38O4. The van der Waals surface area contributed by atoms with Gasteiger partial charge in [-0.15, -0.1) is 0 Å². The van der Waals surface area contributed by atoms with Crippen LogP contribution >= 0.6 is 0 Å². The zero-order valence-corrected chi connectivity index (χ0v) is 20.6. The SMILES string of the molecule is CCCCc1c(OC)cccc1C(=O)Oc1c(C(C)(C)C)cc(OC)cc1C(C)(C)C. The highest BCUT2D eigenvalue weighted by molar-refractivity contribution is 5.94. The lowest BCUT2D eigenvalue weighted by molar-refractivity contribution is 0.0727. The van der Waals surface area contributed by atoms with Gasteiger partial charge in [0, 0.05) is 16.7 Å². The molecule has 0 aliphatic carbocycles. The second-order valence-electron chi connectivity index (χ2n) is 10.0. The van der Waals surface area contributed by atoms with Crippen LogP contribution in [-0.2, 0) is 17.3 Å². The normalized spacial score (nSPS) is 11.9. The monoisotopic (exact) mass is 426 g/mol. The molecule has 0 spiro atoms. The minimum atomic E-state index is -0.355. The number of hydrogen-bond acceptors (Lipinski definition) is 4. The summed E-state index contributed by atoms with van der Waals surface area (Å²) in [4.78, 5) is 13.5. The summed E-state index contributed by atoms with van der Waals surface area (Å²) in [6, 6.07) is 9.51. The Hall–Kier alpha value is -2.49. The first-order chi connectivity index (χ1) is 14.4. The van der Waals surface area contributed by atoms with E-state index in [9.17, 15) is 4.79 Å². The van der Waals surface area contributed by atoms with Crippen molar-refractivity contribution in [3.63, 3.8) is 0 Å². The highest BCUT2D eigenvalue weighted by Gasteiger charge is 2.30. The Morgan fingerprint density at radius 2 is 1.48 bits per heavy atom. The summed E-state index contributed by atoms with van der Waals surface area (Å²) in [5.41, 5.74) is 2.89. The molecule has 0 aromatic heterocycles. The number of esters is 1. The van der Waals surface area contributed by atoms with Crippen molar-refractivity contribution in [3.8, 4) is 17.2 Å². The lowest BCUT2D eigenvalue weighted by Crippen LogP contribution is -2.22. The van der Waals surface area contributed by atoms with E-state index < -0.39 is 0 Å². The topological polar surface area (TPSA) is 44.8 Å². The van der Waals surface area contributed by atoms with Gasteiger partial charge in [0.15, 0.2) is 0 Å². The van der Waals surface area contributed by atoms with Gasteiger partial charge in [0.25, 0.3) is 0 Å². The van der Waals surface area contributed by atoms with E-state index in [0.717, 1.165) is 47.5 Å². The van der Waals surface area contributed by atoms with Gasteiger partial charge in [-0.05, 0) is 47.9 Å². The predicted octanol–water partition coefficient (Wildman–Crippen LogP) is 6.86. The van der Waals surface area contributed by atoms with Crippen LogP contribution in [0.2, 0.25) is 0 Å². The van der Waals surface area contributed by atoms with E-state index in [1.807, 2.05) is 30.3 Å². The third-order valence-corrected chi connectivity index (χ3v) is 5.46. The predicted molar refractivity (Wildman–Crippen MR) is 127 cm³/mol. The van der Waals surface area contributed by atoms with Crippen LogP contribution < -0.4 is 14.2 Å². The molecule has 0 unspecified atom stereocenters. The third kappa shape index (κ3) is 5.81. The Balaban J connectivity index is 2.64. The Labute approximate surface area is 187 Å². The van der Waals surface area contributed by atoms with Gasteiger partial charge in [-0.3, -0.25) is 0 Å². The van der Waals surface area contributed by atoms with Crippen molar-refractivity contribution >= 4 is 5.97 Å². The maximum Gasteiger partial charge on any atom is 0.343 e. The van der Waals surface area contributed by atoms with Gasteiger partial charge in [0.1, 0.15) is 17.2 Å². The second kappa shape index (κ2) is 9.76. The standard InChI is InChI=1S/C27H38O4/c1-10-11-13-19-20(14-12-15-23(19)30-9)25(28)31-24-21(26(2,3)4)16-18(29-8)17-22(24)27(5,6)7/h12,14-17H,10-11,13H2,1-9H3. The van der Waals surface area contributed by atoms with Crippen LogP contribution in [0.5, 0.6) is 17.2 Å². The average molecular weight is 427 g/mol. The van der Waals surface area contributed by atoms with E-state index in [-0.39, 0.29) is 16.8 Å². The Kier molecular flexibility index (Phi) is 7.80. The molecule has 0 N–H and O–H groups in total. The quantitative estimate of drug-likeness (QED) is 0.358. The van der Waals surface area contributed by atoms with Gasteiger partial charge < -0.3 is 14.2 Å². The lowest BCUT2D eigenvalue weighted by Gasteiger charge is -2.30. The summed E-state index contributed by atoms with van der Waals surface area (Å²) in [6.45, 7) is 14.8. The van der Waals surface area contributed by atoms with Crippen LogP contribution in [0.25, 0.3) is 0 Å². The van der Waals surface area contributed by atoms with Crippen molar-refractivity contribution in [2.24, 2.45) is 0 Å². The fraction of sp³-hybridized carbons (Fsp3) is 0.519. The number of carbonyl (C=O) groups is 1. The fourth-order valence-corrected chi connectivity index (χ4v) is 3.65. The van der Waals surface area contributed by atoms with Crippen molar-refractivity contribution in [3.05, 3.63) is 52.6 Å². The second-order valence-corrected chi connectivity index (χ2v) is 10.0. The van der Waals surface area contributed by atoms with Crippen LogP contribution in [0, 0.1) is 0 Å². The molecule has 0 saturated carbocycles. The molecule has 4 heteroatoms. The van der Waals surface area contributed by atoms with E-state index >= 15 is 0 Å². The molecule has 2 aromatic carbocycles. The number of ether oxygens (including phenoxy) is 3. The van der Waals surface area contributed by atoms with Gasteiger partial charge in [-0.2, -0.15) is 0 Å². The van der Waals surface area contributed by atoms with Gasteiger partial charge in [0.2, 0.25) is 0 Å². The number of benzene rings is 2. The molecule has 0 heterocycles. The molecule has 0 atom stereocenters. The van der Waals surface area contributed by atoms with E-state index in [4.69, 9.17) is 14.2 Å². The van der Waals surface area contributed by atoms with E-state index in [0.29, 0.717) is 11.3 Å². The van der Waals surface area contributed by atoms with Crippen LogP contribution in [0.15, 0.2) is 30.3 Å². The molecule has 0 saturated heterocycles. The molecule has 0 radical (unpaired) electrons. The molecule has 170 valence electrons.